The van der Waals surface area contributed by atoms with Crippen LogP contribution in [0, 0.1) is 0 Å². The highest BCUT2D eigenvalue weighted by Crippen LogP contribution is 2.32. The maximum absolute atomic E-state index is 3.40. The molecule has 1 saturated carbocycles. The van der Waals surface area contributed by atoms with Crippen LogP contribution in [0.4, 0.5) is 0 Å². The SMILES string of the molecule is CCC1(NI)CCCC1. The zero-order valence-electron chi connectivity index (χ0n) is 5.91. The summed E-state index contributed by atoms with van der Waals surface area (Å²) < 4.78 is 3.40. The Labute approximate surface area is 71.1 Å². The minimum absolute atomic E-state index is 0.514. The van der Waals surface area contributed by atoms with Gasteiger partial charge in [0.15, 0.2) is 0 Å². The average molecular weight is 239 g/mol. The van der Waals surface area contributed by atoms with Crippen LogP contribution in [-0.2, 0) is 0 Å². The van der Waals surface area contributed by atoms with E-state index in [0.29, 0.717) is 5.54 Å². The molecule has 1 rings (SSSR count). The Hall–Kier alpha value is 0.690. The third-order valence-electron chi connectivity index (χ3n) is 2.44. The molecule has 0 aromatic heterocycles. The zero-order valence-corrected chi connectivity index (χ0v) is 8.07. The van der Waals surface area contributed by atoms with E-state index in [1.54, 1.807) is 0 Å². The van der Waals surface area contributed by atoms with Crippen molar-refractivity contribution >= 4 is 22.9 Å². The topological polar surface area (TPSA) is 12.0 Å². The highest BCUT2D eigenvalue weighted by atomic mass is 127. The summed E-state index contributed by atoms with van der Waals surface area (Å²) >= 11 is 2.29. The fraction of sp³-hybridized carbons (Fsp3) is 1.00. The van der Waals surface area contributed by atoms with Crippen molar-refractivity contribution in [3.63, 3.8) is 0 Å². The van der Waals surface area contributed by atoms with Crippen molar-refractivity contribution in [1.29, 1.82) is 0 Å². The summed E-state index contributed by atoms with van der Waals surface area (Å²) in [7, 11) is 0. The van der Waals surface area contributed by atoms with E-state index >= 15 is 0 Å². The van der Waals surface area contributed by atoms with Crippen LogP contribution in [0.3, 0.4) is 0 Å². The molecule has 2 heteroatoms. The molecule has 1 fully saturated rings. The Morgan fingerprint density at radius 2 is 2.00 bits per heavy atom. The van der Waals surface area contributed by atoms with Crippen LogP contribution >= 0.6 is 22.9 Å². The van der Waals surface area contributed by atoms with E-state index in [-0.39, 0.29) is 0 Å². The molecule has 0 saturated heterocycles. The van der Waals surface area contributed by atoms with Crippen molar-refractivity contribution in [2.24, 2.45) is 0 Å². The number of hydrogen-bond acceptors (Lipinski definition) is 1. The van der Waals surface area contributed by atoms with Gasteiger partial charge in [-0.3, -0.25) is 3.53 Å². The molecule has 0 aliphatic heterocycles. The quantitative estimate of drug-likeness (QED) is 0.577. The van der Waals surface area contributed by atoms with Gasteiger partial charge >= 0.3 is 0 Å². The molecule has 0 radical (unpaired) electrons. The van der Waals surface area contributed by atoms with Crippen molar-refractivity contribution in [3.05, 3.63) is 0 Å². The predicted molar refractivity (Wildman–Crippen MR) is 48.6 cm³/mol. The number of hydrogen-bond donors (Lipinski definition) is 1. The van der Waals surface area contributed by atoms with Gasteiger partial charge in [0, 0.05) is 28.4 Å². The Morgan fingerprint density at radius 3 is 2.22 bits per heavy atom. The molecule has 0 aromatic rings. The first kappa shape index (κ1) is 7.79. The zero-order chi connectivity index (χ0) is 6.74. The van der Waals surface area contributed by atoms with Crippen molar-refractivity contribution in [3.8, 4) is 0 Å². The standard InChI is InChI=1S/C7H14IN/c1-2-7(9-8)5-3-4-6-7/h9H,2-6H2,1H3. The predicted octanol–water partition coefficient (Wildman–Crippen LogP) is 2.65. The highest BCUT2D eigenvalue weighted by Gasteiger charge is 2.30. The molecule has 1 aliphatic rings. The van der Waals surface area contributed by atoms with E-state index in [1.165, 1.54) is 32.1 Å². The minimum Gasteiger partial charge on any atom is -0.255 e. The molecule has 0 spiro atoms. The minimum atomic E-state index is 0.514. The monoisotopic (exact) mass is 239 g/mol. The second kappa shape index (κ2) is 3.19. The number of nitrogens with one attached hydrogen (secondary N) is 1. The van der Waals surface area contributed by atoms with E-state index in [9.17, 15) is 0 Å². The molecular formula is C7H14IN. The first-order valence-corrected chi connectivity index (χ1v) is 4.79. The second-order valence-electron chi connectivity index (χ2n) is 2.94. The van der Waals surface area contributed by atoms with E-state index in [1.807, 2.05) is 0 Å². The van der Waals surface area contributed by atoms with Gasteiger partial charge in [0.25, 0.3) is 0 Å². The second-order valence-corrected chi connectivity index (χ2v) is 3.47. The van der Waals surface area contributed by atoms with Gasteiger partial charge in [-0.2, -0.15) is 0 Å². The first-order chi connectivity index (χ1) is 4.33. The van der Waals surface area contributed by atoms with E-state index < -0.39 is 0 Å². The van der Waals surface area contributed by atoms with Crippen LogP contribution < -0.4 is 3.53 Å². The van der Waals surface area contributed by atoms with Gasteiger partial charge in [0.05, 0.1) is 0 Å². The largest absolute Gasteiger partial charge is 0.255 e. The normalized spacial score (nSPS) is 24.7. The highest BCUT2D eigenvalue weighted by molar-refractivity contribution is 14.1. The molecule has 0 aromatic carbocycles. The molecule has 0 amide bonds. The van der Waals surface area contributed by atoms with Crippen LogP contribution in [0.5, 0.6) is 0 Å². The van der Waals surface area contributed by atoms with Crippen molar-refractivity contribution in [2.45, 2.75) is 44.6 Å². The lowest BCUT2D eigenvalue weighted by Gasteiger charge is -2.24. The fourth-order valence-corrected chi connectivity index (χ4v) is 2.49. The van der Waals surface area contributed by atoms with Gasteiger partial charge in [-0.05, 0) is 19.3 Å². The number of halogens is 1. The van der Waals surface area contributed by atoms with Gasteiger partial charge in [0.1, 0.15) is 0 Å². The smallest absolute Gasteiger partial charge is 0.0272 e. The molecule has 1 N–H and O–H groups in total. The summed E-state index contributed by atoms with van der Waals surface area (Å²) in [6.07, 6.45) is 6.89. The van der Waals surface area contributed by atoms with E-state index in [2.05, 4.69) is 33.3 Å². The van der Waals surface area contributed by atoms with Crippen LogP contribution in [0.2, 0.25) is 0 Å². The van der Waals surface area contributed by atoms with Crippen LogP contribution in [0.15, 0.2) is 0 Å². The molecule has 1 aliphatic carbocycles. The molecule has 0 atom stereocenters. The molecule has 0 bridgehead atoms. The summed E-state index contributed by atoms with van der Waals surface area (Å²) in [5, 5.41) is 0. The van der Waals surface area contributed by atoms with Gasteiger partial charge in [-0.25, -0.2) is 0 Å². The molecule has 0 heterocycles. The fourth-order valence-electron chi connectivity index (χ4n) is 1.57. The average Bonchev–Trinajstić information content (AvgIpc) is 2.36. The summed E-state index contributed by atoms with van der Waals surface area (Å²) in [6.45, 7) is 2.27. The van der Waals surface area contributed by atoms with E-state index in [4.69, 9.17) is 0 Å². The third-order valence-corrected chi connectivity index (χ3v) is 3.58. The maximum atomic E-state index is 3.40. The molecule has 54 valence electrons. The molecule has 1 nitrogen and oxygen atoms in total. The van der Waals surface area contributed by atoms with Crippen LogP contribution in [0.1, 0.15) is 39.0 Å². The summed E-state index contributed by atoms with van der Waals surface area (Å²) in [6, 6.07) is 0. The summed E-state index contributed by atoms with van der Waals surface area (Å²) in [4.78, 5) is 0. The van der Waals surface area contributed by atoms with Crippen molar-refractivity contribution < 1.29 is 0 Å². The van der Waals surface area contributed by atoms with Gasteiger partial charge in [-0.1, -0.05) is 19.8 Å². The molecule has 0 unspecified atom stereocenters. The van der Waals surface area contributed by atoms with Gasteiger partial charge in [-0.15, -0.1) is 0 Å². The lowest BCUT2D eigenvalue weighted by atomic mass is 9.96. The Balaban J connectivity index is 2.45. The molecule has 9 heavy (non-hydrogen) atoms. The number of rotatable bonds is 2. The van der Waals surface area contributed by atoms with E-state index in [0.717, 1.165) is 0 Å². The maximum Gasteiger partial charge on any atom is 0.0272 e. The van der Waals surface area contributed by atoms with Crippen molar-refractivity contribution in [2.75, 3.05) is 0 Å². The Morgan fingerprint density at radius 1 is 1.44 bits per heavy atom. The van der Waals surface area contributed by atoms with Crippen molar-refractivity contribution in [1.82, 2.24) is 3.53 Å². The Kier molecular flexibility index (Phi) is 2.76. The summed E-state index contributed by atoms with van der Waals surface area (Å²) in [5.41, 5.74) is 0.514. The van der Waals surface area contributed by atoms with Gasteiger partial charge in [0.2, 0.25) is 0 Å². The first-order valence-electron chi connectivity index (χ1n) is 3.71. The van der Waals surface area contributed by atoms with Gasteiger partial charge < -0.3 is 0 Å². The van der Waals surface area contributed by atoms with Crippen LogP contribution in [0.25, 0.3) is 0 Å². The third kappa shape index (κ3) is 1.58. The summed E-state index contributed by atoms with van der Waals surface area (Å²) in [5.74, 6) is 0. The lowest BCUT2D eigenvalue weighted by molar-refractivity contribution is 0.403. The molecular weight excluding hydrogens is 225 g/mol. The Bertz CT molecular complexity index is 80.9. The lowest BCUT2D eigenvalue weighted by Crippen LogP contribution is -2.34. The van der Waals surface area contributed by atoms with Crippen LogP contribution in [-0.4, -0.2) is 5.54 Å².